The van der Waals surface area contributed by atoms with Gasteiger partial charge >= 0.3 is 0 Å². The Hall–Kier alpha value is -1.80. The molecule has 1 aliphatic heterocycles. The van der Waals surface area contributed by atoms with Crippen LogP contribution in [-0.2, 0) is 0 Å². The van der Waals surface area contributed by atoms with Crippen molar-refractivity contribution in [3.8, 4) is 5.75 Å². The minimum atomic E-state index is 0.340. The molecule has 0 bridgehead atoms. The summed E-state index contributed by atoms with van der Waals surface area (Å²) < 4.78 is 5.72. The van der Waals surface area contributed by atoms with E-state index < -0.39 is 0 Å². The van der Waals surface area contributed by atoms with Crippen molar-refractivity contribution in [2.24, 2.45) is 0 Å². The number of fused-ring (bicyclic) bond motifs is 1. The van der Waals surface area contributed by atoms with E-state index in [1.165, 1.54) is 16.7 Å². The third kappa shape index (κ3) is 2.70. The van der Waals surface area contributed by atoms with Gasteiger partial charge in [0.15, 0.2) is 0 Å². The number of hydrogen-bond acceptors (Lipinski definition) is 2. The molecule has 0 aromatic heterocycles. The summed E-state index contributed by atoms with van der Waals surface area (Å²) in [6.07, 6.45) is 1.02. The second-order valence-corrected chi connectivity index (χ2v) is 5.53. The molecule has 0 fully saturated rings. The lowest BCUT2D eigenvalue weighted by Crippen LogP contribution is -2.29. The molecule has 2 nitrogen and oxygen atoms in total. The normalized spacial score (nSPS) is 19.0. The number of hydrogen-bond donors (Lipinski definition) is 1. The topological polar surface area (TPSA) is 21.3 Å². The van der Waals surface area contributed by atoms with E-state index in [0.717, 1.165) is 18.8 Å². The number of benzene rings is 2. The van der Waals surface area contributed by atoms with Crippen LogP contribution in [0.4, 0.5) is 0 Å². The summed E-state index contributed by atoms with van der Waals surface area (Å²) >= 11 is 0. The average Bonchev–Trinajstić information content (AvgIpc) is 2.48. The zero-order valence-electron chi connectivity index (χ0n) is 12.1. The summed E-state index contributed by atoms with van der Waals surface area (Å²) in [6, 6.07) is 17.8. The summed E-state index contributed by atoms with van der Waals surface area (Å²) in [5.74, 6) is 1.02. The largest absolute Gasteiger partial charge is 0.493 e. The third-order valence-corrected chi connectivity index (χ3v) is 3.99. The van der Waals surface area contributed by atoms with Gasteiger partial charge < -0.3 is 10.1 Å². The molecule has 2 aromatic rings. The molecule has 0 saturated carbocycles. The van der Waals surface area contributed by atoms with Crippen LogP contribution in [0.25, 0.3) is 0 Å². The van der Waals surface area contributed by atoms with Crippen LogP contribution in [0.2, 0.25) is 0 Å². The zero-order chi connectivity index (χ0) is 13.9. The fraction of sp³-hybridized carbons (Fsp3) is 0.333. The smallest absolute Gasteiger partial charge is 0.124 e. The van der Waals surface area contributed by atoms with Crippen LogP contribution in [0.1, 0.15) is 42.1 Å². The first-order valence-corrected chi connectivity index (χ1v) is 7.28. The fourth-order valence-corrected chi connectivity index (χ4v) is 2.77. The van der Waals surface area contributed by atoms with Crippen molar-refractivity contribution in [2.75, 3.05) is 6.61 Å². The van der Waals surface area contributed by atoms with Crippen molar-refractivity contribution in [1.29, 1.82) is 0 Å². The standard InChI is InChI=1S/C18H21NO/c1-13-7-9-15(10-8-13)14(2)19-17-11-12-20-18-6-4-3-5-16(17)18/h3-10,14,17,19H,11-12H2,1-2H3. The molecular formula is C18H21NO. The second-order valence-electron chi connectivity index (χ2n) is 5.53. The van der Waals surface area contributed by atoms with Crippen molar-refractivity contribution >= 4 is 0 Å². The highest BCUT2D eigenvalue weighted by Crippen LogP contribution is 2.33. The van der Waals surface area contributed by atoms with Crippen molar-refractivity contribution in [2.45, 2.75) is 32.4 Å². The van der Waals surface area contributed by atoms with Crippen molar-refractivity contribution in [3.05, 3.63) is 65.2 Å². The molecule has 2 aromatic carbocycles. The maximum atomic E-state index is 5.72. The van der Waals surface area contributed by atoms with E-state index in [0.29, 0.717) is 12.1 Å². The molecule has 1 aliphatic rings. The molecule has 1 N–H and O–H groups in total. The van der Waals surface area contributed by atoms with Gasteiger partial charge in [-0.1, -0.05) is 48.0 Å². The molecule has 0 saturated heterocycles. The van der Waals surface area contributed by atoms with Gasteiger partial charge in [0.05, 0.1) is 6.61 Å². The van der Waals surface area contributed by atoms with E-state index in [1.807, 2.05) is 6.07 Å². The van der Waals surface area contributed by atoms with Crippen LogP contribution in [0, 0.1) is 6.92 Å². The molecule has 2 unspecified atom stereocenters. The highest BCUT2D eigenvalue weighted by atomic mass is 16.5. The van der Waals surface area contributed by atoms with Gasteiger partial charge in [0, 0.05) is 24.1 Å². The average molecular weight is 267 g/mol. The van der Waals surface area contributed by atoms with E-state index in [-0.39, 0.29) is 0 Å². The summed E-state index contributed by atoms with van der Waals surface area (Å²) in [5, 5.41) is 3.73. The molecule has 2 heteroatoms. The summed E-state index contributed by atoms with van der Waals surface area (Å²) in [4.78, 5) is 0. The van der Waals surface area contributed by atoms with Crippen LogP contribution < -0.4 is 10.1 Å². The van der Waals surface area contributed by atoms with E-state index in [9.17, 15) is 0 Å². The summed E-state index contributed by atoms with van der Waals surface area (Å²) in [5.41, 5.74) is 3.91. The Morgan fingerprint density at radius 3 is 2.65 bits per heavy atom. The predicted octanol–water partition coefficient (Wildman–Crippen LogP) is 4.17. The first-order chi connectivity index (χ1) is 9.74. The molecule has 0 spiro atoms. The zero-order valence-corrected chi connectivity index (χ0v) is 12.1. The number of ether oxygens (including phenoxy) is 1. The van der Waals surface area contributed by atoms with E-state index >= 15 is 0 Å². The lowest BCUT2D eigenvalue weighted by molar-refractivity contribution is 0.246. The molecule has 1 heterocycles. The second kappa shape index (κ2) is 5.68. The van der Waals surface area contributed by atoms with Crippen molar-refractivity contribution < 1.29 is 4.74 Å². The van der Waals surface area contributed by atoms with Crippen LogP contribution in [-0.4, -0.2) is 6.61 Å². The van der Waals surface area contributed by atoms with Crippen LogP contribution in [0.3, 0.4) is 0 Å². The number of rotatable bonds is 3. The van der Waals surface area contributed by atoms with Gasteiger partial charge in [0.2, 0.25) is 0 Å². The molecule has 0 amide bonds. The highest BCUT2D eigenvalue weighted by Gasteiger charge is 2.22. The Balaban J connectivity index is 1.77. The molecule has 0 radical (unpaired) electrons. The highest BCUT2D eigenvalue weighted by molar-refractivity contribution is 5.37. The minimum Gasteiger partial charge on any atom is -0.493 e. The fourth-order valence-electron chi connectivity index (χ4n) is 2.77. The van der Waals surface area contributed by atoms with Gasteiger partial charge in [-0.05, 0) is 25.5 Å². The minimum absolute atomic E-state index is 0.340. The van der Waals surface area contributed by atoms with Gasteiger partial charge in [-0.2, -0.15) is 0 Å². The summed E-state index contributed by atoms with van der Waals surface area (Å²) in [6.45, 7) is 5.13. The molecular weight excluding hydrogens is 246 g/mol. The van der Waals surface area contributed by atoms with Crippen LogP contribution in [0.15, 0.2) is 48.5 Å². The van der Waals surface area contributed by atoms with E-state index in [4.69, 9.17) is 4.74 Å². The molecule has 20 heavy (non-hydrogen) atoms. The third-order valence-electron chi connectivity index (χ3n) is 3.99. The Morgan fingerprint density at radius 1 is 1.10 bits per heavy atom. The Bertz CT molecular complexity index is 576. The first-order valence-electron chi connectivity index (χ1n) is 7.28. The van der Waals surface area contributed by atoms with E-state index in [2.05, 4.69) is 61.6 Å². The molecule has 2 atom stereocenters. The molecule has 0 aliphatic carbocycles. The van der Waals surface area contributed by atoms with Crippen LogP contribution in [0.5, 0.6) is 5.75 Å². The number of para-hydroxylation sites is 1. The molecule has 104 valence electrons. The quantitative estimate of drug-likeness (QED) is 0.901. The van der Waals surface area contributed by atoms with E-state index in [1.54, 1.807) is 0 Å². The molecule has 3 rings (SSSR count). The van der Waals surface area contributed by atoms with Gasteiger partial charge in [-0.15, -0.1) is 0 Å². The number of nitrogens with one attached hydrogen (secondary N) is 1. The predicted molar refractivity (Wildman–Crippen MR) is 82.0 cm³/mol. The maximum absolute atomic E-state index is 5.72. The Kier molecular flexibility index (Phi) is 3.75. The first kappa shape index (κ1) is 13.2. The van der Waals surface area contributed by atoms with Crippen molar-refractivity contribution in [3.63, 3.8) is 0 Å². The Labute approximate surface area is 120 Å². The van der Waals surface area contributed by atoms with Crippen LogP contribution >= 0.6 is 0 Å². The monoisotopic (exact) mass is 267 g/mol. The van der Waals surface area contributed by atoms with Gasteiger partial charge in [-0.25, -0.2) is 0 Å². The SMILES string of the molecule is Cc1ccc(C(C)NC2CCOc3ccccc32)cc1. The van der Waals surface area contributed by atoms with Gasteiger partial charge in [0.25, 0.3) is 0 Å². The van der Waals surface area contributed by atoms with Gasteiger partial charge in [-0.3, -0.25) is 0 Å². The van der Waals surface area contributed by atoms with Gasteiger partial charge in [0.1, 0.15) is 5.75 Å². The maximum Gasteiger partial charge on any atom is 0.124 e. The number of aryl methyl sites for hydroxylation is 1. The summed E-state index contributed by atoms with van der Waals surface area (Å²) in [7, 11) is 0. The lowest BCUT2D eigenvalue weighted by atomic mass is 9.98. The lowest BCUT2D eigenvalue weighted by Gasteiger charge is -2.29. The van der Waals surface area contributed by atoms with Crippen molar-refractivity contribution in [1.82, 2.24) is 5.32 Å². The Morgan fingerprint density at radius 2 is 1.85 bits per heavy atom.